The lowest BCUT2D eigenvalue weighted by Gasteiger charge is -2.30. The minimum Gasteiger partial charge on any atom is -0.356 e. The highest BCUT2D eigenvalue weighted by Gasteiger charge is 2.14. The van der Waals surface area contributed by atoms with E-state index in [-0.39, 0.29) is 24.0 Å². The monoisotopic (exact) mass is 465 g/mol. The summed E-state index contributed by atoms with van der Waals surface area (Å²) in [6.45, 7) is 11.9. The third kappa shape index (κ3) is 7.23. The van der Waals surface area contributed by atoms with Crippen LogP contribution in [0.2, 0.25) is 0 Å². The van der Waals surface area contributed by atoms with Crippen LogP contribution in [0.15, 0.2) is 4.99 Å². The molecule has 5 nitrogen and oxygen atoms in total. The molecule has 0 radical (unpaired) electrons. The van der Waals surface area contributed by atoms with Gasteiger partial charge in [0.1, 0.15) is 0 Å². The molecule has 0 unspecified atom stereocenters. The summed E-state index contributed by atoms with van der Waals surface area (Å²) in [5.41, 5.74) is 1.12. The summed E-state index contributed by atoms with van der Waals surface area (Å²) in [4.78, 5) is 12.6. The lowest BCUT2D eigenvalue weighted by Crippen LogP contribution is -2.39. The van der Waals surface area contributed by atoms with Crippen LogP contribution in [0.3, 0.4) is 0 Å². The number of rotatable bonds is 6. The van der Waals surface area contributed by atoms with Gasteiger partial charge in [0.05, 0.1) is 17.2 Å². The van der Waals surface area contributed by atoms with E-state index in [9.17, 15) is 0 Å². The molecule has 1 aliphatic rings. The molecule has 1 fully saturated rings. The van der Waals surface area contributed by atoms with E-state index in [4.69, 9.17) is 0 Å². The van der Waals surface area contributed by atoms with Gasteiger partial charge in [0, 0.05) is 18.5 Å². The van der Waals surface area contributed by atoms with E-state index < -0.39 is 0 Å². The number of guanidine groups is 1. The second kappa shape index (κ2) is 11.3. The Morgan fingerprint density at radius 3 is 2.58 bits per heavy atom. The van der Waals surface area contributed by atoms with Crippen molar-refractivity contribution >= 4 is 41.3 Å². The quantitative estimate of drug-likeness (QED) is 0.293. The Morgan fingerprint density at radius 2 is 2.00 bits per heavy atom. The average molecular weight is 465 g/mol. The number of aromatic nitrogens is 1. The smallest absolute Gasteiger partial charge is 0.191 e. The molecular weight excluding hydrogens is 433 g/mol. The fraction of sp³-hybridized carbons (Fsp3) is 0.765. The molecular formula is C17H32IN5S. The van der Waals surface area contributed by atoms with Crippen LogP contribution in [0.5, 0.6) is 0 Å². The maximum atomic E-state index is 4.46. The maximum absolute atomic E-state index is 4.46. The van der Waals surface area contributed by atoms with Gasteiger partial charge >= 0.3 is 0 Å². The topological polar surface area (TPSA) is 52.6 Å². The SMILES string of the molecule is CN=C(NCCCN1CCC(C)CC1)NCc1sc(C)nc1C.I. The summed E-state index contributed by atoms with van der Waals surface area (Å²) >= 11 is 1.75. The van der Waals surface area contributed by atoms with E-state index in [0.29, 0.717) is 0 Å². The molecule has 0 bridgehead atoms. The molecule has 0 aromatic carbocycles. The van der Waals surface area contributed by atoms with Gasteiger partial charge in [-0.15, -0.1) is 35.3 Å². The number of nitrogens with zero attached hydrogens (tertiary/aromatic N) is 3. The predicted molar refractivity (Wildman–Crippen MR) is 115 cm³/mol. The molecule has 0 atom stereocenters. The Labute approximate surface area is 167 Å². The van der Waals surface area contributed by atoms with Crippen molar-refractivity contribution in [3.63, 3.8) is 0 Å². The van der Waals surface area contributed by atoms with Gasteiger partial charge in [-0.05, 0) is 58.7 Å². The van der Waals surface area contributed by atoms with Crippen LogP contribution in [0.4, 0.5) is 0 Å². The number of hydrogen-bond donors (Lipinski definition) is 2. The molecule has 2 heterocycles. The zero-order valence-electron chi connectivity index (χ0n) is 15.4. The van der Waals surface area contributed by atoms with Gasteiger partial charge < -0.3 is 15.5 Å². The molecule has 1 aromatic rings. The normalized spacial score (nSPS) is 16.8. The van der Waals surface area contributed by atoms with Crippen molar-refractivity contribution in [2.45, 2.75) is 46.6 Å². The number of aliphatic imine (C=N–C) groups is 1. The highest BCUT2D eigenvalue weighted by atomic mass is 127. The Hall–Kier alpha value is -0.410. The summed E-state index contributed by atoms with van der Waals surface area (Å²) in [5.74, 6) is 1.79. The minimum atomic E-state index is 0. The first-order valence-electron chi connectivity index (χ1n) is 8.68. The van der Waals surface area contributed by atoms with Crippen molar-refractivity contribution < 1.29 is 0 Å². The molecule has 0 spiro atoms. The molecule has 0 amide bonds. The molecule has 0 saturated carbocycles. The van der Waals surface area contributed by atoms with Crippen molar-refractivity contribution in [1.29, 1.82) is 0 Å². The fourth-order valence-electron chi connectivity index (χ4n) is 2.92. The predicted octanol–water partition coefficient (Wildman–Crippen LogP) is 3.16. The summed E-state index contributed by atoms with van der Waals surface area (Å²) in [6, 6.07) is 0. The van der Waals surface area contributed by atoms with Crippen LogP contribution in [0, 0.1) is 19.8 Å². The third-order valence-electron chi connectivity index (χ3n) is 4.46. The molecule has 1 aromatic heterocycles. The second-order valence-corrected chi connectivity index (χ2v) is 7.76. The van der Waals surface area contributed by atoms with Crippen molar-refractivity contribution in [2.75, 3.05) is 33.2 Å². The van der Waals surface area contributed by atoms with Crippen LogP contribution in [-0.4, -0.2) is 49.1 Å². The summed E-state index contributed by atoms with van der Waals surface area (Å²) in [7, 11) is 1.83. The third-order valence-corrected chi connectivity index (χ3v) is 5.53. The molecule has 2 rings (SSSR count). The summed E-state index contributed by atoms with van der Waals surface area (Å²) in [5, 5.41) is 7.91. The van der Waals surface area contributed by atoms with E-state index in [1.54, 1.807) is 11.3 Å². The zero-order chi connectivity index (χ0) is 16.7. The first-order valence-corrected chi connectivity index (χ1v) is 9.50. The molecule has 1 aliphatic heterocycles. The fourth-order valence-corrected chi connectivity index (χ4v) is 3.79. The highest BCUT2D eigenvalue weighted by Crippen LogP contribution is 2.17. The van der Waals surface area contributed by atoms with Crippen molar-refractivity contribution in [2.24, 2.45) is 10.9 Å². The number of aryl methyl sites for hydroxylation is 2. The van der Waals surface area contributed by atoms with Crippen molar-refractivity contribution in [3.05, 3.63) is 15.6 Å². The van der Waals surface area contributed by atoms with E-state index >= 15 is 0 Å². The zero-order valence-corrected chi connectivity index (χ0v) is 18.5. The van der Waals surface area contributed by atoms with Crippen LogP contribution in [0.1, 0.15) is 41.8 Å². The maximum Gasteiger partial charge on any atom is 0.191 e. The first-order chi connectivity index (χ1) is 11.1. The number of thiazole rings is 1. The molecule has 24 heavy (non-hydrogen) atoms. The summed E-state index contributed by atoms with van der Waals surface area (Å²) in [6.07, 6.45) is 3.86. The van der Waals surface area contributed by atoms with Gasteiger partial charge in [0.25, 0.3) is 0 Å². The van der Waals surface area contributed by atoms with Crippen LogP contribution >= 0.6 is 35.3 Å². The number of hydrogen-bond acceptors (Lipinski definition) is 4. The highest BCUT2D eigenvalue weighted by molar-refractivity contribution is 14.0. The van der Waals surface area contributed by atoms with E-state index in [1.807, 2.05) is 7.05 Å². The first kappa shape index (κ1) is 21.6. The number of likely N-dealkylation sites (tertiary alicyclic amines) is 1. The number of piperidine rings is 1. The van der Waals surface area contributed by atoms with Gasteiger partial charge in [-0.1, -0.05) is 6.92 Å². The van der Waals surface area contributed by atoms with Gasteiger partial charge in [-0.3, -0.25) is 4.99 Å². The number of nitrogens with one attached hydrogen (secondary N) is 2. The Balaban J connectivity index is 0.00000288. The molecule has 2 N–H and O–H groups in total. The van der Waals surface area contributed by atoms with Crippen LogP contribution in [0.25, 0.3) is 0 Å². The average Bonchev–Trinajstić information content (AvgIpc) is 2.86. The molecule has 7 heteroatoms. The largest absolute Gasteiger partial charge is 0.356 e. The Morgan fingerprint density at radius 1 is 1.29 bits per heavy atom. The Bertz CT molecular complexity index is 509. The minimum absolute atomic E-state index is 0. The Kier molecular flexibility index (Phi) is 10.1. The van der Waals surface area contributed by atoms with E-state index in [1.165, 1.54) is 37.4 Å². The van der Waals surface area contributed by atoms with E-state index in [2.05, 4.69) is 46.3 Å². The van der Waals surface area contributed by atoms with E-state index in [0.717, 1.165) is 42.1 Å². The lowest BCUT2D eigenvalue weighted by molar-refractivity contribution is 0.191. The number of halogens is 1. The van der Waals surface area contributed by atoms with Crippen molar-refractivity contribution in [3.8, 4) is 0 Å². The van der Waals surface area contributed by atoms with Crippen LogP contribution < -0.4 is 10.6 Å². The van der Waals surface area contributed by atoms with Gasteiger partial charge in [0.15, 0.2) is 5.96 Å². The standard InChI is InChI=1S/C17H31N5S.HI/c1-13-6-10-22(11-7-13)9-5-8-19-17(18-4)20-12-16-14(2)21-15(3)23-16;/h13H,5-12H2,1-4H3,(H2,18,19,20);1H. The van der Waals surface area contributed by atoms with Crippen molar-refractivity contribution in [1.82, 2.24) is 20.5 Å². The summed E-state index contributed by atoms with van der Waals surface area (Å²) < 4.78 is 0. The molecule has 1 saturated heterocycles. The van der Waals surface area contributed by atoms with Gasteiger partial charge in [0.2, 0.25) is 0 Å². The van der Waals surface area contributed by atoms with Crippen LogP contribution in [-0.2, 0) is 6.54 Å². The van der Waals surface area contributed by atoms with Gasteiger partial charge in [-0.25, -0.2) is 4.98 Å². The second-order valence-electron chi connectivity index (χ2n) is 6.47. The molecule has 138 valence electrons. The van der Waals surface area contributed by atoms with Gasteiger partial charge in [-0.2, -0.15) is 0 Å². The molecule has 0 aliphatic carbocycles. The lowest BCUT2D eigenvalue weighted by atomic mass is 9.99.